The van der Waals surface area contributed by atoms with E-state index in [0.29, 0.717) is 6.54 Å². The monoisotopic (exact) mass is 218 g/mol. The number of nitrogens with one attached hydrogen (secondary N) is 1. The Morgan fingerprint density at radius 2 is 2.19 bits per heavy atom. The van der Waals surface area contributed by atoms with Gasteiger partial charge < -0.3 is 15.5 Å². The van der Waals surface area contributed by atoms with Gasteiger partial charge in [-0.15, -0.1) is 0 Å². The Morgan fingerprint density at radius 3 is 2.88 bits per heavy atom. The van der Waals surface area contributed by atoms with Crippen LogP contribution >= 0.6 is 0 Å². The summed E-state index contributed by atoms with van der Waals surface area (Å²) in [5, 5.41) is 1.21. The average Bonchev–Trinajstić information content (AvgIpc) is 2.61. The maximum atomic E-state index is 5.68. The number of fused-ring (bicyclic) bond motifs is 1. The van der Waals surface area contributed by atoms with Gasteiger partial charge in [-0.3, -0.25) is 0 Å². The molecule has 3 N–H and O–H groups in total. The highest BCUT2D eigenvalue weighted by atomic mass is 16.5. The second kappa shape index (κ2) is 4.58. The molecule has 0 unspecified atom stereocenters. The standard InChI is InChI=1S/C13H18N2O/c1-9(2)16-11-3-4-13-12(7-11)10(5-6-14)8-15-13/h3-4,7-9,15H,5-6,14H2,1-2H3. The zero-order chi connectivity index (χ0) is 11.5. The maximum Gasteiger partial charge on any atom is 0.120 e. The van der Waals surface area contributed by atoms with E-state index in [-0.39, 0.29) is 6.10 Å². The molecule has 0 bridgehead atoms. The number of aromatic amines is 1. The molecule has 0 radical (unpaired) electrons. The van der Waals surface area contributed by atoms with Crippen molar-refractivity contribution < 1.29 is 4.74 Å². The molecule has 1 aromatic heterocycles. The smallest absolute Gasteiger partial charge is 0.120 e. The largest absolute Gasteiger partial charge is 0.491 e. The zero-order valence-corrected chi connectivity index (χ0v) is 9.79. The van der Waals surface area contributed by atoms with E-state index < -0.39 is 0 Å². The molecule has 16 heavy (non-hydrogen) atoms. The lowest BCUT2D eigenvalue weighted by Gasteiger charge is -2.09. The predicted molar refractivity (Wildman–Crippen MR) is 66.8 cm³/mol. The molecular formula is C13H18N2O. The van der Waals surface area contributed by atoms with Gasteiger partial charge in [-0.25, -0.2) is 0 Å². The number of benzene rings is 1. The predicted octanol–water partition coefficient (Wildman–Crippen LogP) is 2.46. The van der Waals surface area contributed by atoms with Crippen molar-refractivity contribution >= 4 is 10.9 Å². The summed E-state index contributed by atoms with van der Waals surface area (Å²) in [7, 11) is 0. The molecule has 0 aliphatic carbocycles. The summed E-state index contributed by atoms with van der Waals surface area (Å²) in [4.78, 5) is 3.24. The van der Waals surface area contributed by atoms with E-state index in [1.807, 2.05) is 32.2 Å². The summed E-state index contributed by atoms with van der Waals surface area (Å²) in [6.45, 7) is 4.73. The lowest BCUT2D eigenvalue weighted by Crippen LogP contribution is -2.05. The molecule has 1 heterocycles. The summed E-state index contributed by atoms with van der Waals surface area (Å²) in [5.41, 5.74) is 7.98. The van der Waals surface area contributed by atoms with Crippen molar-refractivity contribution in [3.8, 4) is 5.75 Å². The van der Waals surface area contributed by atoms with Gasteiger partial charge in [0.25, 0.3) is 0 Å². The molecule has 0 fully saturated rings. The Morgan fingerprint density at radius 1 is 1.38 bits per heavy atom. The summed E-state index contributed by atoms with van der Waals surface area (Å²) in [6, 6.07) is 6.12. The van der Waals surface area contributed by atoms with E-state index in [2.05, 4.69) is 11.1 Å². The second-order valence-corrected chi connectivity index (χ2v) is 4.23. The first kappa shape index (κ1) is 11.0. The van der Waals surface area contributed by atoms with Crippen LogP contribution in [0.2, 0.25) is 0 Å². The quantitative estimate of drug-likeness (QED) is 0.828. The van der Waals surface area contributed by atoms with Gasteiger partial charge in [0, 0.05) is 17.1 Å². The number of hydrogen-bond donors (Lipinski definition) is 2. The Labute approximate surface area is 95.6 Å². The lowest BCUT2D eigenvalue weighted by atomic mass is 10.1. The number of rotatable bonds is 4. The van der Waals surface area contributed by atoms with Crippen molar-refractivity contribution in [3.05, 3.63) is 30.0 Å². The van der Waals surface area contributed by atoms with Crippen LogP contribution in [0, 0.1) is 0 Å². The van der Waals surface area contributed by atoms with Crippen molar-refractivity contribution in [1.82, 2.24) is 4.98 Å². The Hall–Kier alpha value is -1.48. The first-order chi connectivity index (χ1) is 7.70. The normalized spacial score (nSPS) is 11.2. The molecule has 0 aliphatic heterocycles. The Bertz CT molecular complexity index is 474. The van der Waals surface area contributed by atoms with Crippen LogP contribution in [0.15, 0.2) is 24.4 Å². The minimum atomic E-state index is 0.203. The molecule has 0 atom stereocenters. The zero-order valence-electron chi connectivity index (χ0n) is 9.79. The molecule has 0 amide bonds. The first-order valence-corrected chi connectivity index (χ1v) is 5.67. The lowest BCUT2D eigenvalue weighted by molar-refractivity contribution is 0.243. The number of ether oxygens (including phenoxy) is 1. The minimum Gasteiger partial charge on any atom is -0.491 e. The van der Waals surface area contributed by atoms with Crippen LogP contribution in [-0.4, -0.2) is 17.6 Å². The molecule has 0 spiro atoms. The van der Waals surface area contributed by atoms with Crippen LogP contribution in [0.5, 0.6) is 5.75 Å². The molecule has 0 aliphatic rings. The number of aromatic nitrogens is 1. The first-order valence-electron chi connectivity index (χ1n) is 5.67. The molecule has 0 saturated heterocycles. The van der Waals surface area contributed by atoms with E-state index in [9.17, 15) is 0 Å². The van der Waals surface area contributed by atoms with Crippen LogP contribution in [0.3, 0.4) is 0 Å². The fourth-order valence-electron chi connectivity index (χ4n) is 1.87. The second-order valence-electron chi connectivity index (χ2n) is 4.23. The molecule has 86 valence electrons. The highest BCUT2D eigenvalue weighted by molar-refractivity contribution is 5.84. The Kier molecular flexibility index (Phi) is 3.15. The van der Waals surface area contributed by atoms with Crippen molar-refractivity contribution in [2.45, 2.75) is 26.4 Å². The molecular weight excluding hydrogens is 200 g/mol. The third-order valence-electron chi connectivity index (χ3n) is 2.52. The molecule has 2 rings (SSSR count). The Balaban J connectivity index is 2.37. The van der Waals surface area contributed by atoms with E-state index >= 15 is 0 Å². The van der Waals surface area contributed by atoms with E-state index in [1.165, 1.54) is 10.9 Å². The van der Waals surface area contributed by atoms with Gasteiger partial charge in [0.05, 0.1) is 6.10 Å². The molecule has 3 nitrogen and oxygen atoms in total. The van der Waals surface area contributed by atoms with Crippen molar-refractivity contribution in [2.24, 2.45) is 5.73 Å². The van der Waals surface area contributed by atoms with Crippen molar-refractivity contribution in [2.75, 3.05) is 6.54 Å². The average molecular weight is 218 g/mol. The van der Waals surface area contributed by atoms with Gasteiger partial charge in [0.15, 0.2) is 0 Å². The fraction of sp³-hybridized carbons (Fsp3) is 0.385. The topological polar surface area (TPSA) is 51.0 Å². The summed E-state index contributed by atoms with van der Waals surface area (Å²) >= 11 is 0. The van der Waals surface area contributed by atoms with Gasteiger partial charge in [-0.05, 0) is 50.6 Å². The van der Waals surface area contributed by atoms with Crippen molar-refractivity contribution in [3.63, 3.8) is 0 Å². The minimum absolute atomic E-state index is 0.203. The molecule has 1 aromatic carbocycles. The summed E-state index contributed by atoms with van der Waals surface area (Å²) in [5.74, 6) is 0.917. The molecule has 0 saturated carbocycles. The number of hydrogen-bond acceptors (Lipinski definition) is 2. The van der Waals surface area contributed by atoms with Crippen LogP contribution in [-0.2, 0) is 6.42 Å². The van der Waals surface area contributed by atoms with Gasteiger partial charge >= 0.3 is 0 Å². The van der Waals surface area contributed by atoms with Gasteiger partial charge in [-0.2, -0.15) is 0 Å². The van der Waals surface area contributed by atoms with Crippen LogP contribution in [0.1, 0.15) is 19.4 Å². The van der Waals surface area contributed by atoms with E-state index in [0.717, 1.165) is 17.7 Å². The molecule has 2 aromatic rings. The van der Waals surface area contributed by atoms with Crippen LogP contribution in [0.4, 0.5) is 0 Å². The molecule has 3 heteroatoms. The third kappa shape index (κ3) is 2.19. The number of H-pyrrole nitrogens is 1. The maximum absolute atomic E-state index is 5.68. The fourth-order valence-corrected chi connectivity index (χ4v) is 1.87. The van der Waals surface area contributed by atoms with Gasteiger partial charge in [0.1, 0.15) is 5.75 Å². The van der Waals surface area contributed by atoms with E-state index in [1.54, 1.807) is 0 Å². The van der Waals surface area contributed by atoms with Crippen LogP contribution in [0.25, 0.3) is 10.9 Å². The highest BCUT2D eigenvalue weighted by Gasteiger charge is 2.05. The van der Waals surface area contributed by atoms with E-state index in [4.69, 9.17) is 10.5 Å². The van der Waals surface area contributed by atoms with Crippen LogP contribution < -0.4 is 10.5 Å². The number of nitrogens with two attached hydrogens (primary N) is 1. The SMILES string of the molecule is CC(C)Oc1ccc2[nH]cc(CCN)c2c1. The summed E-state index contributed by atoms with van der Waals surface area (Å²) < 4.78 is 5.68. The van der Waals surface area contributed by atoms with Gasteiger partial charge in [0.2, 0.25) is 0 Å². The highest BCUT2D eigenvalue weighted by Crippen LogP contribution is 2.24. The van der Waals surface area contributed by atoms with Crippen molar-refractivity contribution in [1.29, 1.82) is 0 Å². The van der Waals surface area contributed by atoms with Gasteiger partial charge in [-0.1, -0.05) is 0 Å². The summed E-state index contributed by atoms with van der Waals surface area (Å²) in [6.07, 6.45) is 3.12. The third-order valence-corrected chi connectivity index (χ3v) is 2.52.